The summed E-state index contributed by atoms with van der Waals surface area (Å²) in [7, 11) is 1.31. The van der Waals surface area contributed by atoms with E-state index in [1.54, 1.807) is 0 Å². The second-order valence-electron chi connectivity index (χ2n) is 4.38. The van der Waals surface area contributed by atoms with Gasteiger partial charge in [-0.1, -0.05) is 42.0 Å². The molecule has 0 saturated heterocycles. The van der Waals surface area contributed by atoms with Crippen LogP contribution in [-0.2, 0) is 14.3 Å². The molecule has 1 amide bonds. The summed E-state index contributed by atoms with van der Waals surface area (Å²) < 4.78 is 4.68. The molecule has 0 aliphatic rings. The Labute approximate surface area is 113 Å². The van der Waals surface area contributed by atoms with Crippen molar-refractivity contribution in [1.29, 1.82) is 0 Å². The first-order valence-electron chi connectivity index (χ1n) is 6.10. The molecule has 0 radical (unpaired) electrons. The molecule has 1 N–H and O–H groups in total. The van der Waals surface area contributed by atoms with Gasteiger partial charge in [-0.3, -0.25) is 4.79 Å². The number of esters is 1. The number of ether oxygens (including phenoxy) is 1. The molecule has 0 aromatic heterocycles. The first kappa shape index (κ1) is 15.0. The van der Waals surface area contributed by atoms with Gasteiger partial charge in [0.25, 0.3) is 0 Å². The van der Waals surface area contributed by atoms with Gasteiger partial charge in [0.05, 0.1) is 7.11 Å². The van der Waals surface area contributed by atoms with Crippen LogP contribution < -0.4 is 5.32 Å². The summed E-state index contributed by atoms with van der Waals surface area (Å²) in [6.07, 6.45) is 2.42. The average molecular weight is 261 g/mol. The van der Waals surface area contributed by atoms with Crippen molar-refractivity contribution >= 4 is 18.0 Å². The highest BCUT2D eigenvalue weighted by atomic mass is 16.5. The lowest BCUT2D eigenvalue weighted by Crippen LogP contribution is -2.40. The van der Waals surface area contributed by atoms with E-state index in [4.69, 9.17) is 0 Å². The van der Waals surface area contributed by atoms with Crippen LogP contribution in [0.25, 0.3) is 6.08 Å². The van der Waals surface area contributed by atoms with Gasteiger partial charge >= 0.3 is 5.97 Å². The van der Waals surface area contributed by atoms with Crippen LogP contribution >= 0.6 is 0 Å². The van der Waals surface area contributed by atoms with Gasteiger partial charge in [-0.05, 0) is 18.9 Å². The van der Waals surface area contributed by atoms with E-state index in [1.165, 1.54) is 14.0 Å². The van der Waals surface area contributed by atoms with Crippen LogP contribution in [0.2, 0.25) is 0 Å². The van der Waals surface area contributed by atoms with Gasteiger partial charge in [-0.2, -0.15) is 0 Å². The van der Waals surface area contributed by atoms with Gasteiger partial charge in [0.1, 0.15) is 6.04 Å². The fourth-order valence-corrected chi connectivity index (χ4v) is 1.80. The monoisotopic (exact) mass is 261 g/mol. The van der Waals surface area contributed by atoms with Gasteiger partial charge in [-0.15, -0.1) is 0 Å². The molecule has 0 heterocycles. The van der Waals surface area contributed by atoms with Crippen LogP contribution in [0.4, 0.5) is 0 Å². The van der Waals surface area contributed by atoms with Crippen LogP contribution in [-0.4, -0.2) is 25.0 Å². The Morgan fingerprint density at radius 1 is 1.26 bits per heavy atom. The van der Waals surface area contributed by atoms with Gasteiger partial charge in [0.2, 0.25) is 5.91 Å². The zero-order valence-electron chi connectivity index (χ0n) is 11.5. The zero-order chi connectivity index (χ0) is 14.3. The smallest absolute Gasteiger partial charge is 0.328 e. The Balaban J connectivity index is 2.75. The molecule has 4 heteroatoms. The SMILES string of the molecule is COC(=O)[C@@H](C/C(C)=C/c1ccccc1)NC(C)=O. The summed E-state index contributed by atoms with van der Waals surface area (Å²) in [5, 5.41) is 2.59. The van der Waals surface area contributed by atoms with Gasteiger partial charge < -0.3 is 10.1 Å². The minimum absolute atomic E-state index is 0.247. The number of hydrogen-bond donors (Lipinski definition) is 1. The molecule has 1 atom stereocenters. The van der Waals surface area contributed by atoms with E-state index in [0.717, 1.165) is 11.1 Å². The van der Waals surface area contributed by atoms with E-state index in [-0.39, 0.29) is 5.91 Å². The lowest BCUT2D eigenvalue weighted by Gasteiger charge is -2.15. The Bertz CT molecular complexity index is 466. The third-order valence-electron chi connectivity index (χ3n) is 2.60. The molecule has 1 aromatic rings. The molecule has 1 rings (SSSR count). The Morgan fingerprint density at radius 3 is 2.42 bits per heavy atom. The molecular weight excluding hydrogens is 242 g/mol. The molecule has 0 saturated carbocycles. The van der Waals surface area contributed by atoms with E-state index in [2.05, 4.69) is 10.1 Å². The first-order chi connectivity index (χ1) is 9.02. The quantitative estimate of drug-likeness (QED) is 0.826. The maximum atomic E-state index is 11.6. The number of rotatable bonds is 5. The average Bonchev–Trinajstić information content (AvgIpc) is 2.37. The first-order valence-corrected chi connectivity index (χ1v) is 6.10. The highest BCUT2D eigenvalue weighted by molar-refractivity contribution is 5.83. The number of carbonyl (C=O) groups excluding carboxylic acids is 2. The van der Waals surface area contributed by atoms with Crippen LogP contribution in [0.15, 0.2) is 35.9 Å². The minimum atomic E-state index is -0.637. The third kappa shape index (κ3) is 5.38. The molecule has 0 bridgehead atoms. The number of hydrogen-bond acceptors (Lipinski definition) is 3. The van der Waals surface area contributed by atoms with Crippen molar-refractivity contribution < 1.29 is 14.3 Å². The van der Waals surface area contributed by atoms with Crippen molar-refractivity contribution in [2.24, 2.45) is 0 Å². The largest absolute Gasteiger partial charge is 0.467 e. The molecule has 0 aliphatic carbocycles. The molecule has 0 unspecified atom stereocenters. The molecule has 19 heavy (non-hydrogen) atoms. The van der Waals surface area contributed by atoms with Crippen molar-refractivity contribution in [2.45, 2.75) is 26.3 Å². The molecule has 0 fully saturated rings. The van der Waals surface area contributed by atoms with E-state index in [0.29, 0.717) is 6.42 Å². The zero-order valence-corrected chi connectivity index (χ0v) is 11.5. The van der Waals surface area contributed by atoms with Crippen LogP contribution in [0.5, 0.6) is 0 Å². The minimum Gasteiger partial charge on any atom is -0.467 e. The summed E-state index contributed by atoms with van der Waals surface area (Å²) in [6.45, 7) is 3.30. The summed E-state index contributed by atoms with van der Waals surface area (Å²) in [5.41, 5.74) is 2.06. The lowest BCUT2D eigenvalue weighted by atomic mass is 10.0. The Hall–Kier alpha value is -2.10. The number of benzene rings is 1. The second kappa shape index (κ2) is 7.36. The fraction of sp³-hybridized carbons (Fsp3) is 0.333. The number of nitrogens with one attached hydrogen (secondary N) is 1. The summed E-state index contributed by atoms with van der Waals surface area (Å²) in [6, 6.07) is 9.17. The van der Waals surface area contributed by atoms with Gasteiger partial charge in [0, 0.05) is 6.92 Å². The van der Waals surface area contributed by atoms with Crippen molar-refractivity contribution in [3.8, 4) is 0 Å². The third-order valence-corrected chi connectivity index (χ3v) is 2.60. The normalized spacial score (nSPS) is 12.7. The molecule has 0 spiro atoms. The number of carbonyl (C=O) groups is 2. The predicted molar refractivity (Wildman–Crippen MR) is 74.3 cm³/mol. The van der Waals surface area contributed by atoms with Gasteiger partial charge in [0.15, 0.2) is 0 Å². The highest BCUT2D eigenvalue weighted by Gasteiger charge is 2.20. The predicted octanol–water partition coefficient (Wildman–Crippen LogP) is 2.16. The van der Waals surface area contributed by atoms with Crippen molar-refractivity contribution in [2.75, 3.05) is 7.11 Å². The van der Waals surface area contributed by atoms with Crippen molar-refractivity contribution in [3.63, 3.8) is 0 Å². The maximum absolute atomic E-state index is 11.6. The number of amides is 1. The molecular formula is C15H19NO3. The van der Waals surface area contributed by atoms with E-state index in [1.807, 2.05) is 43.3 Å². The Morgan fingerprint density at radius 2 is 1.89 bits per heavy atom. The van der Waals surface area contributed by atoms with E-state index < -0.39 is 12.0 Å². The van der Waals surface area contributed by atoms with Crippen LogP contribution in [0.1, 0.15) is 25.8 Å². The Kier molecular flexibility index (Phi) is 5.79. The van der Waals surface area contributed by atoms with Crippen LogP contribution in [0, 0.1) is 0 Å². The summed E-state index contributed by atoms with van der Waals surface area (Å²) >= 11 is 0. The topological polar surface area (TPSA) is 55.4 Å². The van der Waals surface area contributed by atoms with Crippen molar-refractivity contribution in [1.82, 2.24) is 5.32 Å². The van der Waals surface area contributed by atoms with Crippen molar-refractivity contribution in [3.05, 3.63) is 41.5 Å². The molecule has 4 nitrogen and oxygen atoms in total. The highest BCUT2D eigenvalue weighted by Crippen LogP contribution is 2.12. The number of methoxy groups -OCH3 is 1. The molecule has 1 aromatic carbocycles. The molecule has 102 valence electrons. The second-order valence-corrected chi connectivity index (χ2v) is 4.38. The van der Waals surface area contributed by atoms with Crippen LogP contribution in [0.3, 0.4) is 0 Å². The van der Waals surface area contributed by atoms with E-state index in [9.17, 15) is 9.59 Å². The maximum Gasteiger partial charge on any atom is 0.328 e. The molecule has 0 aliphatic heterocycles. The lowest BCUT2D eigenvalue weighted by molar-refractivity contribution is -0.144. The van der Waals surface area contributed by atoms with E-state index >= 15 is 0 Å². The summed E-state index contributed by atoms with van der Waals surface area (Å²) in [5.74, 6) is -0.682. The van der Waals surface area contributed by atoms with Gasteiger partial charge in [-0.25, -0.2) is 4.79 Å². The standard InChI is InChI=1S/C15H19NO3/c1-11(9-13-7-5-4-6-8-13)10-14(15(18)19-3)16-12(2)17/h4-9,14H,10H2,1-3H3,(H,16,17)/b11-9+/t14-/m1/s1. The summed E-state index contributed by atoms with van der Waals surface area (Å²) in [4.78, 5) is 22.6. The fourth-order valence-electron chi connectivity index (χ4n) is 1.80.